The molecule has 20 heavy (non-hydrogen) atoms. The van der Waals surface area contributed by atoms with Crippen LogP contribution in [0.5, 0.6) is 0 Å². The first-order chi connectivity index (χ1) is 9.84. The Kier molecular flexibility index (Phi) is 3.73. The SMILES string of the molecule is Bc1cccc(B(c2ccccc2)c2ccccc2)c1. The molecule has 0 amide bonds. The van der Waals surface area contributed by atoms with Gasteiger partial charge in [-0.2, -0.15) is 0 Å². The highest BCUT2D eigenvalue weighted by Gasteiger charge is 2.20. The summed E-state index contributed by atoms with van der Waals surface area (Å²) in [5.41, 5.74) is 5.33. The molecule has 0 aliphatic heterocycles. The predicted molar refractivity (Wildman–Crippen MR) is 92.2 cm³/mol. The van der Waals surface area contributed by atoms with Crippen molar-refractivity contribution in [1.82, 2.24) is 0 Å². The van der Waals surface area contributed by atoms with Crippen LogP contribution in [0, 0.1) is 0 Å². The lowest BCUT2D eigenvalue weighted by Crippen LogP contribution is -2.52. The van der Waals surface area contributed by atoms with Gasteiger partial charge in [0, 0.05) is 0 Å². The van der Waals surface area contributed by atoms with Crippen molar-refractivity contribution < 1.29 is 0 Å². The molecule has 2 heteroatoms. The molecule has 0 saturated carbocycles. The molecule has 0 unspecified atom stereocenters. The Morgan fingerprint density at radius 3 is 1.55 bits per heavy atom. The minimum atomic E-state index is 0.303. The van der Waals surface area contributed by atoms with E-state index in [0.717, 1.165) is 0 Å². The molecule has 0 spiro atoms. The van der Waals surface area contributed by atoms with E-state index in [0.29, 0.717) is 6.71 Å². The largest absolute Gasteiger partial charge is 0.241 e. The van der Waals surface area contributed by atoms with Gasteiger partial charge in [0.15, 0.2) is 0 Å². The lowest BCUT2D eigenvalue weighted by atomic mass is 9.36. The van der Waals surface area contributed by atoms with Crippen LogP contribution in [-0.4, -0.2) is 14.6 Å². The van der Waals surface area contributed by atoms with Crippen molar-refractivity contribution in [2.24, 2.45) is 0 Å². The Labute approximate surface area is 122 Å². The van der Waals surface area contributed by atoms with Crippen LogP contribution < -0.4 is 21.9 Å². The first kappa shape index (κ1) is 12.8. The third-order valence-electron chi connectivity index (χ3n) is 3.64. The van der Waals surface area contributed by atoms with Gasteiger partial charge >= 0.3 is 0 Å². The average Bonchev–Trinajstić information content (AvgIpc) is 2.50. The average molecular weight is 254 g/mol. The van der Waals surface area contributed by atoms with Crippen LogP contribution in [0.4, 0.5) is 0 Å². The summed E-state index contributed by atoms with van der Waals surface area (Å²) in [5.74, 6) is 0. The molecule has 0 saturated heterocycles. The van der Waals surface area contributed by atoms with Crippen LogP contribution in [0.2, 0.25) is 0 Å². The molecule has 3 aromatic rings. The smallest absolute Gasteiger partial charge is 0.0895 e. The van der Waals surface area contributed by atoms with Crippen LogP contribution in [-0.2, 0) is 0 Å². The molecule has 0 aliphatic carbocycles. The summed E-state index contributed by atoms with van der Waals surface area (Å²) in [5, 5.41) is 0. The Morgan fingerprint density at radius 1 is 0.550 bits per heavy atom. The minimum absolute atomic E-state index is 0.303. The Morgan fingerprint density at radius 2 is 1.05 bits per heavy atom. The monoisotopic (exact) mass is 254 g/mol. The zero-order valence-electron chi connectivity index (χ0n) is 11.7. The third kappa shape index (κ3) is 2.70. The molecule has 3 rings (SSSR count). The molecule has 0 aromatic heterocycles. The molecule has 3 aromatic carbocycles. The Hall–Kier alpha value is -2.21. The minimum Gasteiger partial charge on any atom is -0.0895 e. The highest BCUT2D eigenvalue weighted by molar-refractivity contribution is 6.95. The molecular weight excluding hydrogens is 238 g/mol. The fraction of sp³-hybridized carbons (Fsp3) is 0. The summed E-state index contributed by atoms with van der Waals surface area (Å²) in [7, 11) is 2.15. The number of benzene rings is 3. The van der Waals surface area contributed by atoms with Crippen molar-refractivity contribution in [2.45, 2.75) is 0 Å². The first-order valence-electron chi connectivity index (χ1n) is 7.01. The van der Waals surface area contributed by atoms with Gasteiger partial charge in [-0.25, -0.2) is 0 Å². The topological polar surface area (TPSA) is 0 Å². The second-order valence-electron chi connectivity index (χ2n) is 5.17. The van der Waals surface area contributed by atoms with Crippen LogP contribution in [0.25, 0.3) is 0 Å². The quantitative estimate of drug-likeness (QED) is 0.596. The molecule has 0 nitrogen and oxygen atoms in total. The van der Waals surface area contributed by atoms with Crippen LogP contribution >= 0.6 is 0 Å². The first-order valence-corrected chi connectivity index (χ1v) is 7.01. The van der Waals surface area contributed by atoms with Gasteiger partial charge in [-0.05, 0) is 0 Å². The molecule has 0 N–H and O–H groups in total. The number of hydrogen-bond acceptors (Lipinski definition) is 0. The molecule has 0 aliphatic rings. The standard InChI is InChI=1S/C18H16B2/c19-15-8-7-13-18(14-15)20(16-9-3-1-4-10-16)17-11-5-2-6-12-17/h1-14H,19H2. The van der Waals surface area contributed by atoms with Crippen molar-refractivity contribution in [1.29, 1.82) is 0 Å². The fourth-order valence-electron chi connectivity index (χ4n) is 2.72. The van der Waals surface area contributed by atoms with E-state index in [-0.39, 0.29) is 0 Å². The van der Waals surface area contributed by atoms with Crippen LogP contribution in [0.3, 0.4) is 0 Å². The van der Waals surface area contributed by atoms with E-state index in [1.807, 2.05) is 0 Å². The van der Waals surface area contributed by atoms with E-state index in [1.54, 1.807) is 0 Å². The van der Waals surface area contributed by atoms with Gasteiger partial charge in [-0.1, -0.05) is 107 Å². The van der Waals surface area contributed by atoms with Crippen molar-refractivity contribution >= 4 is 36.4 Å². The van der Waals surface area contributed by atoms with E-state index < -0.39 is 0 Å². The Balaban J connectivity index is 2.14. The summed E-state index contributed by atoms with van der Waals surface area (Å²) in [4.78, 5) is 0. The normalized spacial score (nSPS) is 10.2. The third-order valence-corrected chi connectivity index (χ3v) is 3.64. The number of rotatable bonds is 3. The molecule has 0 radical (unpaired) electrons. The van der Waals surface area contributed by atoms with Gasteiger partial charge < -0.3 is 0 Å². The maximum absolute atomic E-state index is 2.28. The maximum atomic E-state index is 2.28. The Bertz CT molecular complexity index is 639. The lowest BCUT2D eigenvalue weighted by molar-refractivity contribution is 1.72. The number of hydrogen-bond donors (Lipinski definition) is 0. The fourth-order valence-corrected chi connectivity index (χ4v) is 2.72. The van der Waals surface area contributed by atoms with Gasteiger partial charge in [-0.3, -0.25) is 0 Å². The van der Waals surface area contributed by atoms with E-state index in [9.17, 15) is 0 Å². The van der Waals surface area contributed by atoms with E-state index in [4.69, 9.17) is 0 Å². The molecule has 0 bridgehead atoms. The molecule has 0 heterocycles. The predicted octanol–water partition coefficient (Wildman–Crippen LogP) is 0.461. The van der Waals surface area contributed by atoms with E-state index >= 15 is 0 Å². The van der Waals surface area contributed by atoms with E-state index in [2.05, 4.69) is 92.8 Å². The zero-order chi connectivity index (χ0) is 13.8. The second kappa shape index (κ2) is 5.83. The molecule has 94 valence electrons. The maximum Gasteiger partial charge on any atom is 0.241 e. The highest BCUT2D eigenvalue weighted by atomic mass is 14.0. The van der Waals surface area contributed by atoms with Crippen molar-refractivity contribution in [3.05, 3.63) is 84.9 Å². The van der Waals surface area contributed by atoms with Crippen LogP contribution in [0.15, 0.2) is 84.9 Å². The summed E-state index contributed by atoms with van der Waals surface area (Å²) in [6.45, 7) is 0.303. The molecule has 0 atom stereocenters. The van der Waals surface area contributed by atoms with Crippen molar-refractivity contribution in [2.75, 3.05) is 0 Å². The summed E-state index contributed by atoms with van der Waals surface area (Å²) in [6, 6.07) is 30.2. The summed E-state index contributed by atoms with van der Waals surface area (Å²) in [6.07, 6.45) is 0. The van der Waals surface area contributed by atoms with E-state index in [1.165, 1.54) is 21.9 Å². The highest BCUT2D eigenvalue weighted by Crippen LogP contribution is 1.94. The van der Waals surface area contributed by atoms with Crippen molar-refractivity contribution in [3.8, 4) is 0 Å². The van der Waals surface area contributed by atoms with Crippen molar-refractivity contribution in [3.63, 3.8) is 0 Å². The molecule has 0 fully saturated rings. The van der Waals surface area contributed by atoms with Gasteiger partial charge in [0.1, 0.15) is 7.85 Å². The zero-order valence-corrected chi connectivity index (χ0v) is 11.7. The van der Waals surface area contributed by atoms with Crippen LogP contribution in [0.1, 0.15) is 0 Å². The lowest BCUT2D eigenvalue weighted by Gasteiger charge is -2.16. The molecular formula is C18H16B2. The second-order valence-corrected chi connectivity index (χ2v) is 5.17. The van der Waals surface area contributed by atoms with Gasteiger partial charge in [0.25, 0.3) is 0 Å². The van der Waals surface area contributed by atoms with Gasteiger partial charge in [0.2, 0.25) is 6.71 Å². The van der Waals surface area contributed by atoms with Gasteiger partial charge in [-0.15, -0.1) is 0 Å². The summed E-state index contributed by atoms with van der Waals surface area (Å²) >= 11 is 0. The van der Waals surface area contributed by atoms with Gasteiger partial charge in [0.05, 0.1) is 0 Å². The summed E-state index contributed by atoms with van der Waals surface area (Å²) < 4.78 is 0.